The molecule has 2 aliphatic carbocycles. The van der Waals surface area contributed by atoms with Crippen molar-refractivity contribution in [3.05, 3.63) is 33.8 Å². The van der Waals surface area contributed by atoms with Gasteiger partial charge in [0.1, 0.15) is 0 Å². The van der Waals surface area contributed by atoms with Crippen molar-refractivity contribution in [2.75, 3.05) is 0 Å². The number of fused-ring (bicyclic) bond motifs is 1. The van der Waals surface area contributed by atoms with Gasteiger partial charge in [0, 0.05) is 10.9 Å². The molecule has 21 heavy (non-hydrogen) atoms. The maximum atomic E-state index is 11.3. The predicted octanol–water partition coefficient (Wildman–Crippen LogP) is 4.39. The number of nitriles is 1. The fraction of sp³-hybridized carbons (Fsp3) is 0.611. The van der Waals surface area contributed by atoms with Crippen LogP contribution in [0.15, 0.2) is 22.7 Å². The van der Waals surface area contributed by atoms with Gasteiger partial charge in [-0.1, -0.05) is 35.3 Å². The maximum absolute atomic E-state index is 11.3. The van der Waals surface area contributed by atoms with Gasteiger partial charge in [-0.05, 0) is 61.3 Å². The SMILES string of the molecule is CCC1CCC(C#N)(C2(O)CCc3cc(Br)ccc3C2)C1. The normalized spacial score (nSPS) is 35.2. The lowest BCUT2D eigenvalue weighted by Crippen LogP contribution is -2.50. The Morgan fingerprint density at radius 3 is 2.86 bits per heavy atom. The molecule has 0 radical (unpaired) electrons. The molecule has 0 bridgehead atoms. The van der Waals surface area contributed by atoms with Gasteiger partial charge in [0.05, 0.1) is 17.1 Å². The number of aryl methyl sites for hydroxylation is 1. The van der Waals surface area contributed by atoms with Gasteiger partial charge in [-0.2, -0.15) is 5.26 Å². The molecule has 0 aromatic heterocycles. The molecule has 2 aliphatic rings. The highest BCUT2D eigenvalue weighted by atomic mass is 79.9. The first-order chi connectivity index (χ1) is 10.0. The Kier molecular flexibility index (Phi) is 3.88. The van der Waals surface area contributed by atoms with Crippen LogP contribution < -0.4 is 0 Å². The molecule has 1 fully saturated rings. The van der Waals surface area contributed by atoms with E-state index in [4.69, 9.17) is 0 Å². The van der Waals surface area contributed by atoms with Crippen molar-refractivity contribution in [1.29, 1.82) is 5.26 Å². The van der Waals surface area contributed by atoms with Crippen molar-refractivity contribution in [2.24, 2.45) is 11.3 Å². The van der Waals surface area contributed by atoms with Crippen molar-refractivity contribution in [3.8, 4) is 6.07 Å². The van der Waals surface area contributed by atoms with Gasteiger partial charge < -0.3 is 5.11 Å². The molecule has 3 unspecified atom stereocenters. The average Bonchev–Trinajstić information content (AvgIpc) is 2.93. The molecule has 1 aromatic carbocycles. The Morgan fingerprint density at radius 1 is 1.38 bits per heavy atom. The fourth-order valence-electron chi connectivity index (χ4n) is 4.28. The van der Waals surface area contributed by atoms with Crippen LogP contribution in [0.1, 0.15) is 50.2 Å². The highest BCUT2D eigenvalue weighted by molar-refractivity contribution is 9.10. The first kappa shape index (κ1) is 15.1. The number of rotatable bonds is 2. The number of hydrogen-bond donors (Lipinski definition) is 1. The molecule has 2 nitrogen and oxygen atoms in total. The fourth-order valence-corrected chi connectivity index (χ4v) is 4.69. The number of halogens is 1. The zero-order valence-corrected chi connectivity index (χ0v) is 14.1. The summed E-state index contributed by atoms with van der Waals surface area (Å²) in [7, 11) is 0. The summed E-state index contributed by atoms with van der Waals surface area (Å²) >= 11 is 3.51. The standard InChI is InChI=1S/C18H22BrNO/c1-2-13-5-7-17(10-13,12-20)18(21)8-6-14-9-16(19)4-3-15(14)11-18/h3-4,9,13,21H,2,5-8,10-11H2,1H3. The summed E-state index contributed by atoms with van der Waals surface area (Å²) < 4.78 is 1.09. The number of nitrogens with zero attached hydrogens (tertiary/aromatic N) is 1. The van der Waals surface area contributed by atoms with Crippen molar-refractivity contribution in [3.63, 3.8) is 0 Å². The molecule has 3 atom stereocenters. The Hall–Kier alpha value is -0.850. The maximum Gasteiger partial charge on any atom is 0.0876 e. The smallest absolute Gasteiger partial charge is 0.0876 e. The largest absolute Gasteiger partial charge is 0.388 e. The second-order valence-corrected chi connectivity index (χ2v) is 7.75. The van der Waals surface area contributed by atoms with Crippen LogP contribution in [0.25, 0.3) is 0 Å². The van der Waals surface area contributed by atoms with Gasteiger partial charge in [0.25, 0.3) is 0 Å². The lowest BCUT2D eigenvalue weighted by Gasteiger charge is -2.44. The van der Waals surface area contributed by atoms with Crippen LogP contribution in [0, 0.1) is 22.7 Å². The van der Waals surface area contributed by atoms with Gasteiger partial charge in [0.2, 0.25) is 0 Å². The van der Waals surface area contributed by atoms with E-state index in [1.807, 2.05) is 6.07 Å². The van der Waals surface area contributed by atoms with Gasteiger partial charge in [-0.25, -0.2) is 0 Å². The number of aliphatic hydroxyl groups is 1. The van der Waals surface area contributed by atoms with E-state index in [-0.39, 0.29) is 0 Å². The third-order valence-corrected chi connectivity index (χ3v) is 6.25. The van der Waals surface area contributed by atoms with Gasteiger partial charge in [-0.3, -0.25) is 0 Å². The van der Waals surface area contributed by atoms with Crippen molar-refractivity contribution in [2.45, 2.75) is 57.5 Å². The second kappa shape index (κ2) is 5.41. The molecular weight excluding hydrogens is 326 g/mol. The minimum atomic E-state index is -0.855. The minimum absolute atomic E-state index is 0.543. The minimum Gasteiger partial charge on any atom is -0.388 e. The summed E-state index contributed by atoms with van der Waals surface area (Å²) in [6.07, 6.45) is 6.11. The summed E-state index contributed by atoms with van der Waals surface area (Å²) in [6, 6.07) is 8.82. The van der Waals surface area contributed by atoms with E-state index in [0.29, 0.717) is 18.8 Å². The molecular formula is C18H22BrNO. The van der Waals surface area contributed by atoms with Crippen molar-refractivity contribution < 1.29 is 5.11 Å². The van der Waals surface area contributed by atoms with Crippen molar-refractivity contribution in [1.82, 2.24) is 0 Å². The summed E-state index contributed by atoms with van der Waals surface area (Å²) in [5.74, 6) is 0.597. The molecule has 0 amide bonds. The summed E-state index contributed by atoms with van der Waals surface area (Å²) in [5, 5.41) is 21.1. The van der Waals surface area contributed by atoms with Crippen LogP contribution in [-0.2, 0) is 12.8 Å². The van der Waals surface area contributed by atoms with E-state index in [2.05, 4.69) is 41.1 Å². The Balaban J connectivity index is 1.92. The third-order valence-electron chi connectivity index (χ3n) is 5.76. The summed E-state index contributed by atoms with van der Waals surface area (Å²) in [4.78, 5) is 0. The highest BCUT2D eigenvalue weighted by Crippen LogP contribution is 2.53. The first-order valence-corrected chi connectivity index (χ1v) is 8.72. The monoisotopic (exact) mass is 347 g/mol. The topological polar surface area (TPSA) is 44.0 Å². The Labute approximate surface area is 135 Å². The van der Waals surface area contributed by atoms with Gasteiger partial charge in [0.15, 0.2) is 0 Å². The molecule has 1 aromatic rings. The van der Waals surface area contributed by atoms with Gasteiger partial charge in [-0.15, -0.1) is 0 Å². The Bertz CT molecular complexity index is 593. The van der Waals surface area contributed by atoms with Crippen LogP contribution in [0.3, 0.4) is 0 Å². The molecule has 0 heterocycles. The molecule has 3 heteroatoms. The molecule has 112 valence electrons. The number of benzene rings is 1. The summed E-state index contributed by atoms with van der Waals surface area (Å²) in [5.41, 5.74) is 1.12. The Morgan fingerprint density at radius 2 is 2.19 bits per heavy atom. The molecule has 1 N–H and O–H groups in total. The molecule has 0 spiro atoms. The summed E-state index contributed by atoms with van der Waals surface area (Å²) in [6.45, 7) is 2.19. The van der Waals surface area contributed by atoms with E-state index in [1.54, 1.807) is 0 Å². The van der Waals surface area contributed by atoms with Crippen LogP contribution in [0.4, 0.5) is 0 Å². The van der Waals surface area contributed by atoms with E-state index in [9.17, 15) is 10.4 Å². The lowest BCUT2D eigenvalue weighted by molar-refractivity contribution is -0.0652. The zero-order valence-electron chi connectivity index (χ0n) is 12.5. The molecule has 1 saturated carbocycles. The second-order valence-electron chi connectivity index (χ2n) is 6.83. The van der Waals surface area contributed by atoms with Crippen LogP contribution >= 0.6 is 15.9 Å². The highest BCUT2D eigenvalue weighted by Gasteiger charge is 2.55. The molecule has 0 saturated heterocycles. The predicted molar refractivity (Wildman–Crippen MR) is 86.8 cm³/mol. The van der Waals surface area contributed by atoms with E-state index in [0.717, 1.165) is 36.6 Å². The number of hydrogen-bond acceptors (Lipinski definition) is 2. The first-order valence-electron chi connectivity index (χ1n) is 7.93. The van der Waals surface area contributed by atoms with E-state index >= 15 is 0 Å². The van der Waals surface area contributed by atoms with Crippen LogP contribution in [0.5, 0.6) is 0 Å². The lowest BCUT2D eigenvalue weighted by atomic mass is 9.63. The zero-order chi connectivity index (χ0) is 15.1. The van der Waals surface area contributed by atoms with E-state index < -0.39 is 11.0 Å². The molecule has 0 aliphatic heterocycles. The molecule has 3 rings (SSSR count). The van der Waals surface area contributed by atoms with Gasteiger partial charge >= 0.3 is 0 Å². The van der Waals surface area contributed by atoms with E-state index in [1.165, 1.54) is 11.1 Å². The van der Waals surface area contributed by atoms with Crippen molar-refractivity contribution >= 4 is 15.9 Å². The van der Waals surface area contributed by atoms with Crippen LogP contribution in [-0.4, -0.2) is 10.7 Å². The average molecular weight is 348 g/mol. The third kappa shape index (κ3) is 2.43. The quantitative estimate of drug-likeness (QED) is 0.861. The van der Waals surface area contributed by atoms with Crippen LogP contribution in [0.2, 0.25) is 0 Å².